The molecule has 0 fully saturated rings. The summed E-state index contributed by atoms with van der Waals surface area (Å²) in [5, 5.41) is 3.37. The van der Waals surface area contributed by atoms with E-state index in [9.17, 15) is 0 Å². The molecular formula is C16H20N2. The molecule has 2 heteroatoms. The van der Waals surface area contributed by atoms with Gasteiger partial charge in [-0.05, 0) is 50.1 Å². The van der Waals surface area contributed by atoms with Crippen LogP contribution in [-0.4, -0.2) is 12.0 Å². The molecule has 0 aliphatic rings. The lowest BCUT2D eigenvalue weighted by Crippen LogP contribution is -2.19. The zero-order chi connectivity index (χ0) is 13.0. The van der Waals surface area contributed by atoms with Gasteiger partial charge < -0.3 is 5.32 Å². The van der Waals surface area contributed by atoms with Gasteiger partial charge in [-0.3, -0.25) is 4.98 Å². The quantitative estimate of drug-likeness (QED) is 0.887. The highest BCUT2D eigenvalue weighted by molar-refractivity contribution is 5.28. The van der Waals surface area contributed by atoms with Crippen LogP contribution in [0.5, 0.6) is 0 Å². The summed E-state index contributed by atoms with van der Waals surface area (Å²) in [7, 11) is 2.00. The molecule has 2 aromatic rings. The summed E-state index contributed by atoms with van der Waals surface area (Å²) in [4.78, 5) is 4.37. The number of pyridine rings is 1. The van der Waals surface area contributed by atoms with Crippen molar-refractivity contribution in [1.29, 1.82) is 0 Å². The molecule has 0 amide bonds. The van der Waals surface area contributed by atoms with Crippen molar-refractivity contribution in [2.24, 2.45) is 0 Å². The molecular weight excluding hydrogens is 220 g/mol. The molecule has 1 N–H and O–H groups in total. The van der Waals surface area contributed by atoms with Crippen molar-refractivity contribution >= 4 is 0 Å². The summed E-state index contributed by atoms with van der Waals surface area (Å²) in [6.45, 7) is 4.18. The van der Waals surface area contributed by atoms with Crippen molar-refractivity contribution in [2.75, 3.05) is 7.05 Å². The van der Waals surface area contributed by atoms with Gasteiger partial charge in [-0.1, -0.05) is 30.3 Å². The van der Waals surface area contributed by atoms with E-state index < -0.39 is 0 Å². The van der Waals surface area contributed by atoms with Crippen LogP contribution in [0.1, 0.15) is 28.4 Å². The monoisotopic (exact) mass is 240 g/mol. The average molecular weight is 240 g/mol. The first-order valence-corrected chi connectivity index (χ1v) is 6.35. The molecule has 0 bridgehead atoms. The lowest BCUT2D eigenvalue weighted by Gasteiger charge is -2.17. The van der Waals surface area contributed by atoms with Gasteiger partial charge in [-0.15, -0.1) is 0 Å². The fraction of sp³-hybridized carbons (Fsp3) is 0.312. The van der Waals surface area contributed by atoms with Crippen LogP contribution in [0.15, 0.2) is 42.6 Å². The van der Waals surface area contributed by atoms with E-state index in [0.29, 0.717) is 6.04 Å². The Kier molecular flexibility index (Phi) is 4.11. The van der Waals surface area contributed by atoms with Gasteiger partial charge in [-0.2, -0.15) is 0 Å². The molecule has 0 radical (unpaired) electrons. The van der Waals surface area contributed by atoms with Crippen LogP contribution in [0, 0.1) is 13.8 Å². The summed E-state index contributed by atoms with van der Waals surface area (Å²) >= 11 is 0. The first kappa shape index (κ1) is 12.8. The Morgan fingerprint density at radius 3 is 2.50 bits per heavy atom. The second kappa shape index (κ2) is 5.78. The number of likely N-dealkylation sites (N-methyl/N-ethyl adjacent to an activating group) is 1. The highest BCUT2D eigenvalue weighted by atomic mass is 14.9. The first-order valence-electron chi connectivity index (χ1n) is 6.35. The van der Waals surface area contributed by atoms with E-state index in [1.54, 1.807) is 0 Å². The van der Waals surface area contributed by atoms with Crippen LogP contribution < -0.4 is 5.32 Å². The van der Waals surface area contributed by atoms with E-state index in [2.05, 4.69) is 53.6 Å². The van der Waals surface area contributed by atoms with E-state index in [1.807, 2.05) is 20.2 Å². The third kappa shape index (κ3) is 2.96. The topological polar surface area (TPSA) is 24.9 Å². The Morgan fingerprint density at radius 1 is 1.11 bits per heavy atom. The molecule has 0 saturated heterocycles. The second-order valence-corrected chi connectivity index (χ2v) is 4.70. The van der Waals surface area contributed by atoms with Crippen LogP contribution >= 0.6 is 0 Å². The molecule has 0 saturated carbocycles. The van der Waals surface area contributed by atoms with Gasteiger partial charge in [0.1, 0.15) is 0 Å². The minimum atomic E-state index is 0.319. The van der Waals surface area contributed by atoms with E-state index in [-0.39, 0.29) is 0 Å². The Morgan fingerprint density at radius 2 is 1.89 bits per heavy atom. The van der Waals surface area contributed by atoms with Crippen molar-refractivity contribution in [2.45, 2.75) is 26.3 Å². The van der Waals surface area contributed by atoms with E-state index in [0.717, 1.165) is 12.1 Å². The van der Waals surface area contributed by atoms with Crippen molar-refractivity contribution in [3.8, 4) is 0 Å². The van der Waals surface area contributed by atoms with Gasteiger partial charge in [0.2, 0.25) is 0 Å². The molecule has 2 nitrogen and oxygen atoms in total. The number of hydrogen-bond donors (Lipinski definition) is 1. The van der Waals surface area contributed by atoms with Crippen molar-refractivity contribution < 1.29 is 0 Å². The lowest BCUT2D eigenvalue weighted by atomic mass is 9.97. The number of hydrogen-bond acceptors (Lipinski definition) is 2. The fourth-order valence-electron chi connectivity index (χ4n) is 2.13. The van der Waals surface area contributed by atoms with Crippen LogP contribution in [0.4, 0.5) is 0 Å². The molecule has 18 heavy (non-hydrogen) atoms. The summed E-state index contributed by atoms with van der Waals surface area (Å²) in [6.07, 6.45) is 2.96. The van der Waals surface area contributed by atoms with E-state index in [1.165, 1.54) is 16.7 Å². The van der Waals surface area contributed by atoms with Gasteiger partial charge in [0, 0.05) is 17.9 Å². The van der Waals surface area contributed by atoms with Crippen molar-refractivity contribution in [3.63, 3.8) is 0 Å². The van der Waals surface area contributed by atoms with Crippen LogP contribution in [0.25, 0.3) is 0 Å². The molecule has 0 aliphatic heterocycles. The minimum absolute atomic E-state index is 0.319. The Bertz CT molecular complexity index is 503. The summed E-state index contributed by atoms with van der Waals surface area (Å²) in [6, 6.07) is 13.1. The number of aromatic nitrogens is 1. The molecule has 1 aromatic carbocycles. The molecule has 0 spiro atoms. The maximum Gasteiger partial charge on any atom is 0.0373 e. The summed E-state index contributed by atoms with van der Waals surface area (Å²) in [5.74, 6) is 0. The summed E-state index contributed by atoms with van der Waals surface area (Å²) < 4.78 is 0. The SMILES string of the molecule is CNC(Cc1ccccc1C)c1ccc(C)nc1. The molecule has 2 rings (SSSR count). The van der Waals surface area contributed by atoms with Gasteiger partial charge in [0.25, 0.3) is 0 Å². The van der Waals surface area contributed by atoms with Gasteiger partial charge in [-0.25, -0.2) is 0 Å². The normalized spacial score (nSPS) is 12.4. The zero-order valence-corrected chi connectivity index (χ0v) is 11.3. The molecule has 94 valence electrons. The van der Waals surface area contributed by atoms with E-state index >= 15 is 0 Å². The van der Waals surface area contributed by atoms with Gasteiger partial charge >= 0.3 is 0 Å². The number of benzene rings is 1. The number of nitrogens with zero attached hydrogens (tertiary/aromatic N) is 1. The number of aryl methyl sites for hydroxylation is 2. The van der Waals surface area contributed by atoms with Crippen LogP contribution in [-0.2, 0) is 6.42 Å². The Balaban J connectivity index is 2.20. The van der Waals surface area contributed by atoms with Crippen molar-refractivity contribution in [3.05, 3.63) is 65.0 Å². The van der Waals surface area contributed by atoms with Gasteiger partial charge in [0.05, 0.1) is 0 Å². The molecule has 1 atom stereocenters. The smallest absolute Gasteiger partial charge is 0.0373 e. The van der Waals surface area contributed by atoms with Crippen LogP contribution in [0.2, 0.25) is 0 Å². The largest absolute Gasteiger partial charge is 0.313 e. The van der Waals surface area contributed by atoms with E-state index in [4.69, 9.17) is 0 Å². The predicted octanol–water partition coefficient (Wildman–Crippen LogP) is 3.20. The van der Waals surface area contributed by atoms with Crippen molar-refractivity contribution in [1.82, 2.24) is 10.3 Å². The number of nitrogens with one attached hydrogen (secondary N) is 1. The highest BCUT2D eigenvalue weighted by Gasteiger charge is 2.11. The van der Waals surface area contributed by atoms with Gasteiger partial charge in [0.15, 0.2) is 0 Å². The maximum atomic E-state index is 4.37. The van der Waals surface area contributed by atoms with Crippen LogP contribution in [0.3, 0.4) is 0 Å². The third-order valence-corrected chi connectivity index (χ3v) is 3.37. The Labute approximate surface area is 109 Å². The minimum Gasteiger partial charge on any atom is -0.313 e. The Hall–Kier alpha value is -1.67. The molecule has 0 aliphatic carbocycles. The third-order valence-electron chi connectivity index (χ3n) is 3.37. The molecule has 1 aromatic heterocycles. The molecule has 1 unspecified atom stereocenters. The predicted molar refractivity (Wildman–Crippen MR) is 75.7 cm³/mol. The first-order chi connectivity index (χ1) is 8.70. The summed E-state index contributed by atoms with van der Waals surface area (Å²) in [5.41, 5.74) is 5.03. The molecule has 1 heterocycles. The standard InChI is InChI=1S/C16H20N2/c1-12-6-4-5-7-14(12)10-16(17-3)15-9-8-13(2)18-11-15/h4-9,11,16-17H,10H2,1-3H3. The zero-order valence-electron chi connectivity index (χ0n) is 11.3. The fourth-order valence-corrected chi connectivity index (χ4v) is 2.13. The second-order valence-electron chi connectivity index (χ2n) is 4.70. The number of rotatable bonds is 4. The maximum absolute atomic E-state index is 4.37. The average Bonchev–Trinajstić information content (AvgIpc) is 2.39. The highest BCUT2D eigenvalue weighted by Crippen LogP contribution is 2.19. The lowest BCUT2D eigenvalue weighted by molar-refractivity contribution is 0.588.